The molecule has 4 rings (SSSR count). The van der Waals surface area contributed by atoms with E-state index in [1.807, 2.05) is 29.2 Å². The lowest BCUT2D eigenvalue weighted by Gasteiger charge is -2.39. The summed E-state index contributed by atoms with van der Waals surface area (Å²) in [6.07, 6.45) is 1.69. The highest BCUT2D eigenvalue weighted by atomic mass is 35.5. The van der Waals surface area contributed by atoms with Crippen LogP contribution in [0.25, 0.3) is 0 Å². The number of piperazine rings is 1. The number of hydrogen-bond acceptors (Lipinski definition) is 6. The number of benzene rings is 1. The van der Waals surface area contributed by atoms with Gasteiger partial charge in [0.2, 0.25) is 5.91 Å². The lowest BCUT2D eigenvalue weighted by Crippen LogP contribution is -2.51. The van der Waals surface area contributed by atoms with Gasteiger partial charge in [-0.3, -0.25) is 4.79 Å². The number of ether oxygens (including phenoxy) is 1. The van der Waals surface area contributed by atoms with Crippen LogP contribution in [0.5, 0.6) is 5.75 Å². The second kappa shape index (κ2) is 8.86. The molecule has 7 nitrogen and oxygen atoms in total. The fourth-order valence-corrected chi connectivity index (χ4v) is 4.25. The standard InChI is InChI=1S/C21H26ClN5O2/c1-29-18-5-3-2-4-17(18)25-12-14-27(15-13-25)21(28)16-8-10-26(11-9-16)20-7-6-19(22)23-24-20/h2-7,16H,8-15H2,1H3. The molecule has 2 aliphatic heterocycles. The summed E-state index contributed by atoms with van der Waals surface area (Å²) in [6.45, 7) is 4.78. The molecule has 0 unspecified atom stereocenters. The molecule has 2 aromatic rings. The highest BCUT2D eigenvalue weighted by Gasteiger charge is 2.31. The van der Waals surface area contributed by atoms with Gasteiger partial charge in [0.25, 0.3) is 0 Å². The minimum absolute atomic E-state index is 0.0873. The zero-order chi connectivity index (χ0) is 20.2. The first kappa shape index (κ1) is 19.8. The zero-order valence-corrected chi connectivity index (χ0v) is 17.4. The number of amides is 1. The molecule has 0 radical (unpaired) electrons. The molecule has 2 aliphatic rings. The van der Waals surface area contributed by atoms with Gasteiger partial charge in [-0.2, -0.15) is 0 Å². The van der Waals surface area contributed by atoms with E-state index in [0.717, 1.165) is 69.4 Å². The van der Waals surface area contributed by atoms with Crippen LogP contribution >= 0.6 is 11.6 Å². The third-order valence-electron chi connectivity index (χ3n) is 5.80. The van der Waals surface area contributed by atoms with E-state index >= 15 is 0 Å². The summed E-state index contributed by atoms with van der Waals surface area (Å²) in [5.41, 5.74) is 1.10. The maximum Gasteiger partial charge on any atom is 0.225 e. The molecule has 8 heteroatoms. The summed E-state index contributed by atoms with van der Waals surface area (Å²) >= 11 is 5.81. The molecule has 2 saturated heterocycles. The molecular weight excluding hydrogens is 390 g/mol. The number of anilines is 2. The molecule has 0 saturated carbocycles. The number of methoxy groups -OCH3 is 1. The summed E-state index contributed by atoms with van der Waals surface area (Å²) in [5, 5.41) is 8.45. The van der Waals surface area contributed by atoms with Crippen molar-refractivity contribution < 1.29 is 9.53 Å². The molecular formula is C21H26ClN5O2. The number of piperidine rings is 1. The molecule has 154 valence electrons. The molecule has 2 fully saturated rings. The van der Waals surface area contributed by atoms with Gasteiger partial charge in [-0.05, 0) is 37.1 Å². The molecule has 3 heterocycles. The van der Waals surface area contributed by atoms with E-state index in [2.05, 4.69) is 26.1 Å². The van der Waals surface area contributed by atoms with E-state index in [1.165, 1.54) is 0 Å². The van der Waals surface area contributed by atoms with Crippen LogP contribution in [0.4, 0.5) is 11.5 Å². The van der Waals surface area contributed by atoms with Gasteiger partial charge in [-0.25, -0.2) is 0 Å². The van der Waals surface area contributed by atoms with Crippen LogP contribution in [0, 0.1) is 5.92 Å². The van der Waals surface area contributed by atoms with Crippen LogP contribution < -0.4 is 14.5 Å². The Bertz CT molecular complexity index is 831. The van der Waals surface area contributed by atoms with Gasteiger partial charge in [0, 0.05) is 45.2 Å². The van der Waals surface area contributed by atoms with Crippen molar-refractivity contribution in [1.82, 2.24) is 15.1 Å². The Morgan fingerprint density at radius 1 is 0.966 bits per heavy atom. The first-order valence-electron chi connectivity index (χ1n) is 10.1. The smallest absolute Gasteiger partial charge is 0.225 e. The SMILES string of the molecule is COc1ccccc1N1CCN(C(=O)C2CCN(c3ccc(Cl)nn3)CC2)CC1. The predicted octanol–water partition coefficient (Wildman–Crippen LogP) is 2.70. The van der Waals surface area contributed by atoms with Crippen molar-refractivity contribution in [2.45, 2.75) is 12.8 Å². The summed E-state index contributed by atoms with van der Waals surface area (Å²) < 4.78 is 5.48. The Morgan fingerprint density at radius 3 is 2.34 bits per heavy atom. The van der Waals surface area contributed by atoms with Crippen LogP contribution in [0.1, 0.15) is 12.8 Å². The fraction of sp³-hybridized carbons (Fsp3) is 0.476. The fourth-order valence-electron chi connectivity index (χ4n) is 4.15. The van der Waals surface area contributed by atoms with Gasteiger partial charge in [-0.15, -0.1) is 10.2 Å². The van der Waals surface area contributed by atoms with E-state index in [4.69, 9.17) is 16.3 Å². The van der Waals surface area contributed by atoms with E-state index in [-0.39, 0.29) is 11.8 Å². The highest BCUT2D eigenvalue weighted by molar-refractivity contribution is 6.29. The second-order valence-electron chi connectivity index (χ2n) is 7.46. The second-order valence-corrected chi connectivity index (χ2v) is 7.85. The number of carbonyl (C=O) groups is 1. The molecule has 0 N–H and O–H groups in total. The van der Waals surface area contributed by atoms with Crippen molar-refractivity contribution in [3.8, 4) is 5.75 Å². The predicted molar refractivity (Wildman–Crippen MR) is 114 cm³/mol. The Balaban J connectivity index is 1.29. The summed E-state index contributed by atoms with van der Waals surface area (Å²) in [4.78, 5) is 19.5. The van der Waals surface area contributed by atoms with E-state index < -0.39 is 0 Å². The zero-order valence-electron chi connectivity index (χ0n) is 16.6. The van der Waals surface area contributed by atoms with Crippen LogP contribution in [-0.4, -0.2) is 67.4 Å². The van der Waals surface area contributed by atoms with Crippen molar-refractivity contribution in [3.05, 3.63) is 41.6 Å². The average molecular weight is 416 g/mol. The Hall–Kier alpha value is -2.54. The van der Waals surface area contributed by atoms with Crippen LogP contribution in [0.15, 0.2) is 36.4 Å². The third kappa shape index (κ3) is 4.40. The lowest BCUT2D eigenvalue weighted by atomic mass is 9.95. The molecule has 1 aromatic carbocycles. The Morgan fingerprint density at radius 2 is 1.69 bits per heavy atom. The molecule has 0 atom stereocenters. The summed E-state index contributed by atoms with van der Waals surface area (Å²) in [7, 11) is 1.70. The van der Waals surface area contributed by atoms with Gasteiger partial charge in [0.1, 0.15) is 5.75 Å². The quantitative estimate of drug-likeness (QED) is 0.765. The van der Waals surface area contributed by atoms with Crippen molar-refractivity contribution in [2.75, 3.05) is 56.2 Å². The van der Waals surface area contributed by atoms with Crippen molar-refractivity contribution in [3.63, 3.8) is 0 Å². The largest absolute Gasteiger partial charge is 0.495 e. The van der Waals surface area contributed by atoms with Gasteiger partial charge >= 0.3 is 0 Å². The number of nitrogens with zero attached hydrogens (tertiary/aromatic N) is 5. The average Bonchev–Trinajstić information content (AvgIpc) is 2.79. The van der Waals surface area contributed by atoms with Crippen LogP contribution in [-0.2, 0) is 4.79 Å². The molecule has 1 amide bonds. The molecule has 0 spiro atoms. The maximum atomic E-state index is 13.0. The highest BCUT2D eigenvalue weighted by Crippen LogP contribution is 2.29. The van der Waals surface area contributed by atoms with Crippen LogP contribution in [0.2, 0.25) is 5.15 Å². The molecule has 0 aliphatic carbocycles. The lowest BCUT2D eigenvalue weighted by molar-refractivity contribution is -0.136. The summed E-state index contributed by atoms with van der Waals surface area (Å²) in [5.74, 6) is 2.08. The van der Waals surface area contributed by atoms with Crippen molar-refractivity contribution in [2.24, 2.45) is 5.92 Å². The number of halogens is 1. The van der Waals surface area contributed by atoms with E-state index in [9.17, 15) is 4.79 Å². The van der Waals surface area contributed by atoms with Gasteiger partial charge in [0.15, 0.2) is 11.0 Å². The normalized spacial score (nSPS) is 18.1. The molecule has 1 aromatic heterocycles. The minimum Gasteiger partial charge on any atom is -0.495 e. The van der Waals surface area contributed by atoms with Gasteiger partial charge in [-0.1, -0.05) is 23.7 Å². The van der Waals surface area contributed by atoms with E-state index in [1.54, 1.807) is 13.2 Å². The first-order chi connectivity index (χ1) is 14.2. The molecule has 29 heavy (non-hydrogen) atoms. The Kier molecular flexibility index (Phi) is 6.04. The Labute approximate surface area is 176 Å². The summed E-state index contributed by atoms with van der Waals surface area (Å²) in [6, 6.07) is 11.7. The van der Waals surface area contributed by atoms with E-state index in [0.29, 0.717) is 5.15 Å². The van der Waals surface area contributed by atoms with Gasteiger partial charge < -0.3 is 19.4 Å². The number of carbonyl (C=O) groups excluding carboxylic acids is 1. The number of hydrogen-bond donors (Lipinski definition) is 0. The van der Waals surface area contributed by atoms with Crippen molar-refractivity contribution >= 4 is 29.0 Å². The maximum absolute atomic E-state index is 13.0. The minimum atomic E-state index is 0.0873. The monoisotopic (exact) mass is 415 g/mol. The molecule has 0 bridgehead atoms. The topological polar surface area (TPSA) is 61.8 Å². The number of aromatic nitrogens is 2. The van der Waals surface area contributed by atoms with Gasteiger partial charge in [0.05, 0.1) is 12.8 Å². The number of rotatable bonds is 4. The van der Waals surface area contributed by atoms with Crippen molar-refractivity contribution in [1.29, 1.82) is 0 Å². The number of para-hydroxylation sites is 2. The van der Waals surface area contributed by atoms with Crippen LogP contribution in [0.3, 0.4) is 0 Å². The first-order valence-corrected chi connectivity index (χ1v) is 10.4. The third-order valence-corrected chi connectivity index (χ3v) is 6.00.